The molecule has 3 heterocycles. The molecule has 1 saturated heterocycles. The third-order valence-electron chi connectivity index (χ3n) is 3.33. The highest BCUT2D eigenvalue weighted by atomic mass is 32.1. The number of piperazine rings is 1. The number of nitrogens with zero attached hydrogens (tertiary/aromatic N) is 2. The average molecular weight is 291 g/mol. The second kappa shape index (κ2) is 5.09. The topological polar surface area (TPSA) is 82.5 Å². The first kappa shape index (κ1) is 12.9. The van der Waals surface area contributed by atoms with E-state index in [9.17, 15) is 9.59 Å². The Morgan fingerprint density at radius 1 is 1.55 bits per heavy atom. The van der Waals surface area contributed by atoms with Gasteiger partial charge in [0, 0.05) is 29.4 Å². The average Bonchev–Trinajstić information content (AvgIpc) is 2.89. The van der Waals surface area contributed by atoms with Crippen molar-refractivity contribution < 1.29 is 14.7 Å². The lowest BCUT2D eigenvalue weighted by Crippen LogP contribution is -2.56. The number of nitrogens with one attached hydrogen (secondary N) is 1. The van der Waals surface area contributed by atoms with Crippen molar-refractivity contribution in [3.8, 4) is 0 Å². The molecule has 0 spiro atoms. The number of pyridine rings is 1. The van der Waals surface area contributed by atoms with Crippen LogP contribution >= 0.6 is 11.3 Å². The number of aromatic nitrogens is 1. The summed E-state index contributed by atoms with van der Waals surface area (Å²) in [4.78, 5) is 29.1. The Bertz CT molecular complexity index is 670. The van der Waals surface area contributed by atoms with E-state index < -0.39 is 12.0 Å². The molecule has 2 N–H and O–H groups in total. The summed E-state index contributed by atoms with van der Waals surface area (Å²) in [5.74, 6) is -0.563. The van der Waals surface area contributed by atoms with Crippen LogP contribution in [0.3, 0.4) is 0 Å². The first-order valence-electron chi connectivity index (χ1n) is 6.25. The Morgan fingerprint density at radius 3 is 3.20 bits per heavy atom. The molecule has 1 fully saturated rings. The van der Waals surface area contributed by atoms with Gasteiger partial charge in [-0.3, -0.25) is 9.59 Å². The molecule has 1 atom stereocenters. The van der Waals surface area contributed by atoms with Crippen molar-refractivity contribution in [2.45, 2.75) is 12.5 Å². The molecule has 0 aromatic carbocycles. The third-order valence-corrected chi connectivity index (χ3v) is 4.21. The normalized spacial score (nSPS) is 19.1. The largest absolute Gasteiger partial charge is 0.481 e. The van der Waals surface area contributed by atoms with Gasteiger partial charge in [-0.15, -0.1) is 11.3 Å². The van der Waals surface area contributed by atoms with E-state index in [0.717, 1.165) is 10.1 Å². The van der Waals surface area contributed by atoms with Crippen molar-refractivity contribution in [1.82, 2.24) is 10.3 Å². The van der Waals surface area contributed by atoms with Crippen molar-refractivity contribution in [3.63, 3.8) is 0 Å². The smallest absolute Gasteiger partial charge is 0.305 e. The van der Waals surface area contributed by atoms with Crippen molar-refractivity contribution in [2.75, 3.05) is 18.0 Å². The number of fused-ring (bicyclic) bond motifs is 1. The van der Waals surface area contributed by atoms with Crippen molar-refractivity contribution in [1.29, 1.82) is 0 Å². The van der Waals surface area contributed by atoms with E-state index in [1.54, 1.807) is 22.4 Å². The summed E-state index contributed by atoms with van der Waals surface area (Å²) in [7, 11) is 0. The van der Waals surface area contributed by atoms with E-state index in [-0.39, 0.29) is 12.3 Å². The fourth-order valence-corrected chi connectivity index (χ4v) is 3.22. The molecular weight excluding hydrogens is 278 g/mol. The fraction of sp³-hybridized carbons (Fsp3) is 0.308. The molecule has 3 rings (SSSR count). The van der Waals surface area contributed by atoms with Gasteiger partial charge in [-0.2, -0.15) is 0 Å². The van der Waals surface area contributed by atoms with E-state index in [2.05, 4.69) is 10.3 Å². The molecule has 1 unspecified atom stereocenters. The van der Waals surface area contributed by atoms with E-state index in [0.29, 0.717) is 18.9 Å². The van der Waals surface area contributed by atoms with E-state index in [1.807, 2.05) is 17.5 Å². The van der Waals surface area contributed by atoms with Gasteiger partial charge in [0.25, 0.3) is 0 Å². The maximum atomic E-state index is 11.9. The molecular formula is C13H13N3O3S. The van der Waals surface area contributed by atoms with Crippen molar-refractivity contribution in [3.05, 3.63) is 23.7 Å². The summed E-state index contributed by atoms with van der Waals surface area (Å²) in [5.41, 5.74) is 0. The molecule has 1 aliphatic heterocycles. The van der Waals surface area contributed by atoms with Crippen molar-refractivity contribution >= 4 is 39.1 Å². The molecule has 7 heteroatoms. The van der Waals surface area contributed by atoms with Gasteiger partial charge in [-0.25, -0.2) is 4.98 Å². The third kappa shape index (κ3) is 2.20. The van der Waals surface area contributed by atoms with E-state index >= 15 is 0 Å². The lowest BCUT2D eigenvalue weighted by atomic mass is 10.1. The quantitative estimate of drug-likeness (QED) is 0.884. The van der Waals surface area contributed by atoms with Gasteiger partial charge in [-0.1, -0.05) is 0 Å². The fourth-order valence-electron chi connectivity index (χ4n) is 2.45. The van der Waals surface area contributed by atoms with Gasteiger partial charge in [0.05, 0.1) is 6.42 Å². The van der Waals surface area contributed by atoms with Gasteiger partial charge >= 0.3 is 5.97 Å². The van der Waals surface area contributed by atoms with Crippen LogP contribution in [0.25, 0.3) is 10.1 Å². The highest BCUT2D eigenvalue weighted by molar-refractivity contribution is 7.17. The number of hydrogen-bond acceptors (Lipinski definition) is 5. The Hall–Kier alpha value is -2.15. The van der Waals surface area contributed by atoms with Crippen LogP contribution in [-0.4, -0.2) is 41.1 Å². The second-order valence-electron chi connectivity index (χ2n) is 4.57. The summed E-state index contributed by atoms with van der Waals surface area (Å²) < 4.78 is 1.08. The van der Waals surface area contributed by atoms with Gasteiger partial charge < -0.3 is 15.3 Å². The van der Waals surface area contributed by atoms with Gasteiger partial charge in [0.15, 0.2) is 0 Å². The number of carboxylic acid groups (broad SMARTS) is 1. The number of carbonyl (C=O) groups excluding carboxylic acids is 1. The maximum absolute atomic E-state index is 11.9. The molecule has 6 nitrogen and oxygen atoms in total. The van der Waals surface area contributed by atoms with Crippen LogP contribution < -0.4 is 10.2 Å². The lowest BCUT2D eigenvalue weighted by Gasteiger charge is -2.35. The number of carboxylic acids is 1. The van der Waals surface area contributed by atoms with Crippen LogP contribution in [0.15, 0.2) is 23.7 Å². The van der Waals surface area contributed by atoms with E-state index in [4.69, 9.17) is 5.11 Å². The van der Waals surface area contributed by atoms with Crippen LogP contribution in [0.5, 0.6) is 0 Å². The van der Waals surface area contributed by atoms with Gasteiger partial charge in [0.2, 0.25) is 5.91 Å². The van der Waals surface area contributed by atoms with E-state index in [1.165, 1.54) is 0 Å². The van der Waals surface area contributed by atoms with Gasteiger partial charge in [0.1, 0.15) is 11.9 Å². The molecule has 2 aromatic rings. The summed E-state index contributed by atoms with van der Waals surface area (Å²) in [5, 5.41) is 14.6. The van der Waals surface area contributed by atoms with Crippen molar-refractivity contribution in [2.24, 2.45) is 0 Å². The molecule has 0 bridgehead atoms. The number of amides is 1. The number of rotatable bonds is 3. The summed E-state index contributed by atoms with van der Waals surface area (Å²) >= 11 is 1.60. The minimum Gasteiger partial charge on any atom is -0.481 e. The standard InChI is InChI=1S/C13H13N3O3S/c17-11(18)7-9-13(19)15-4-5-16(9)12-8-2-6-20-10(8)1-3-14-12/h1-3,6,9H,4-5,7H2,(H,15,19)(H,17,18). The van der Waals surface area contributed by atoms with Crippen LogP contribution in [0.4, 0.5) is 5.82 Å². The Kier molecular flexibility index (Phi) is 3.27. The SMILES string of the molecule is O=C(O)CC1C(=O)NCCN1c1nccc2sccc12. The predicted octanol–water partition coefficient (Wildman–Crippen LogP) is 1.08. The van der Waals surface area contributed by atoms with Crippen LogP contribution in [0.2, 0.25) is 0 Å². The molecule has 0 aliphatic carbocycles. The Morgan fingerprint density at radius 2 is 2.40 bits per heavy atom. The number of aliphatic carboxylic acids is 1. The minimum atomic E-state index is -0.991. The number of anilines is 1. The first-order chi connectivity index (χ1) is 9.66. The summed E-state index contributed by atoms with van der Waals surface area (Å²) in [6.07, 6.45) is 1.46. The molecule has 20 heavy (non-hydrogen) atoms. The zero-order valence-corrected chi connectivity index (χ0v) is 11.4. The second-order valence-corrected chi connectivity index (χ2v) is 5.51. The first-order valence-corrected chi connectivity index (χ1v) is 7.13. The number of thiophene rings is 1. The van der Waals surface area contributed by atoms with Crippen LogP contribution in [0.1, 0.15) is 6.42 Å². The predicted molar refractivity (Wildman–Crippen MR) is 76.0 cm³/mol. The number of hydrogen-bond donors (Lipinski definition) is 2. The molecule has 1 amide bonds. The zero-order valence-electron chi connectivity index (χ0n) is 10.6. The maximum Gasteiger partial charge on any atom is 0.305 e. The highest BCUT2D eigenvalue weighted by Gasteiger charge is 2.33. The van der Waals surface area contributed by atoms with Crippen LogP contribution in [0, 0.1) is 0 Å². The Labute approximate surface area is 119 Å². The highest BCUT2D eigenvalue weighted by Crippen LogP contribution is 2.30. The Balaban J connectivity index is 2.03. The zero-order chi connectivity index (χ0) is 14.1. The number of carbonyl (C=O) groups is 2. The molecule has 2 aromatic heterocycles. The van der Waals surface area contributed by atoms with Crippen LogP contribution in [-0.2, 0) is 9.59 Å². The summed E-state index contributed by atoms with van der Waals surface area (Å²) in [6.45, 7) is 1.06. The minimum absolute atomic E-state index is 0.228. The molecule has 104 valence electrons. The lowest BCUT2D eigenvalue weighted by molar-refractivity contribution is -0.139. The van der Waals surface area contributed by atoms with Gasteiger partial charge in [-0.05, 0) is 17.5 Å². The molecule has 1 aliphatic rings. The summed E-state index contributed by atoms with van der Waals surface area (Å²) in [6, 6.07) is 3.16. The monoisotopic (exact) mass is 291 g/mol. The molecule has 0 saturated carbocycles. The molecule has 0 radical (unpaired) electrons.